The molecule has 2 aromatic rings. The zero-order chi connectivity index (χ0) is 16.7. The first-order chi connectivity index (χ1) is 11.7. The number of methoxy groups -OCH3 is 1. The van der Waals surface area contributed by atoms with Gasteiger partial charge >= 0.3 is 0 Å². The minimum absolute atomic E-state index is 0.517. The van der Waals surface area contributed by atoms with Crippen LogP contribution in [0.1, 0.15) is 32.3 Å². The smallest absolute Gasteiger partial charge is 0.134 e. The van der Waals surface area contributed by atoms with Crippen molar-refractivity contribution in [1.82, 2.24) is 4.90 Å². The Bertz CT molecular complexity index is 747. The Morgan fingerprint density at radius 2 is 2.21 bits per heavy atom. The Labute approximate surface area is 144 Å². The van der Waals surface area contributed by atoms with E-state index in [9.17, 15) is 0 Å². The van der Waals surface area contributed by atoms with Crippen molar-refractivity contribution in [3.8, 4) is 5.75 Å². The summed E-state index contributed by atoms with van der Waals surface area (Å²) in [5.41, 5.74) is 2.24. The number of hydrogen-bond donors (Lipinski definition) is 0. The number of ether oxygens (including phenoxy) is 1. The van der Waals surface area contributed by atoms with Gasteiger partial charge in [0, 0.05) is 24.0 Å². The largest absolute Gasteiger partial charge is 0.497 e. The van der Waals surface area contributed by atoms with Gasteiger partial charge in [0.25, 0.3) is 0 Å². The van der Waals surface area contributed by atoms with Gasteiger partial charge in [-0.2, -0.15) is 0 Å². The molecule has 0 radical (unpaired) electrons. The van der Waals surface area contributed by atoms with Crippen LogP contribution in [-0.2, 0) is 6.42 Å². The summed E-state index contributed by atoms with van der Waals surface area (Å²) in [6.07, 6.45) is 10.5. The van der Waals surface area contributed by atoms with Crippen molar-refractivity contribution in [2.24, 2.45) is 11.8 Å². The van der Waals surface area contributed by atoms with Crippen molar-refractivity contribution < 1.29 is 9.15 Å². The molecule has 4 unspecified atom stereocenters. The maximum Gasteiger partial charge on any atom is 0.134 e. The normalized spacial score (nSPS) is 27.7. The van der Waals surface area contributed by atoms with Gasteiger partial charge in [0.1, 0.15) is 11.3 Å². The average Bonchev–Trinajstić information content (AvgIpc) is 3.03. The molecule has 0 spiro atoms. The molecule has 0 amide bonds. The minimum atomic E-state index is 0.517. The predicted molar refractivity (Wildman–Crippen MR) is 97.5 cm³/mol. The number of hydrogen-bond acceptors (Lipinski definition) is 3. The second kappa shape index (κ2) is 6.29. The zero-order valence-electron chi connectivity index (χ0n) is 14.9. The summed E-state index contributed by atoms with van der Waals surface area (Å²) in [7, 11) is 1.71. The van der Waals surface area contributed by atoms with Gasteiger partial charge in [0.15, 0.2) is 0 Å². The molecule has 1 fully saturated rings. The van der Waals surface area contributed by atoms with Gasteiger partial charge < -0.3 is 9.15 Å². The van der Waals surface area contributed by atoms with Gasteiger partial charge in [-0.05, 0) is 55.4 Å². The molecule has 1 aromatic carbocycles. The third kappa shape index (κ3) is 2.65. The van der Waals surface area contributed by atoms with E-state index >= 15 is 0 Å². The molecule has 1 aliphatic carbocycles. The summed E-state index contributed by atoms with van der Waals surface area (Å²) in [5.74, 6) is 2.45. The van der Waals surface area contributed by atoms with Crippen LogP contribution in [0.25, 0.3) is 11.0 Å². The van der Waals surface area contributed by atoms with Crippen molar-refractivity contribution in [3.63, 3.8) is 0 Å². The Hall–Kier alpha value is -1.74. The highest BCUT2D eigenvalue weighted by atomic mass is 16.5. The third-order valence-corrected chi connectivity index (χ3v) is 5.96. The van der Waals surface area contributed by atoms with Crippen molar-refractivity contribution in [2.75, 3.05) is 13.7 Å². The fourth-order valence-electron chi connectivity index (χ4n) is 4.61. The van der Waals surface area contributed by atoms with E-state index in [2.05, 4.69) is 37.0 Å². The Balaban J connectivity index is 1.56. The van der Waals surface area contributed by atoms with E-state index in [0.717, 1.165) is 29.6 Å². The number of benzene rings is 1. The maximum atomic E-state index is 5.75. The first-order valence-electron chi connectivity index (χ1n) is 9.17. The molecule has 1 saturated heterocycles. The van der Waals surface area contributed by atoms with E-state index in [-0.39, 0.29) is 0 Å². The molecule has 2 bridgehead atoms. The summed E-state index contributed by atoms with van der Waals surface area (Å²) in [6.45, 7) is 5.90. The lowest BCUT2D eigenvalue weighted by Gasteiger charge is -2.49. The molecule has 3 aliphatic rings. The van der Waals surface area contributed by atoms with Crippen LogP contribution in [0.2, 0.25) is 0 Å². The van der Waals surface area contributed by atoms with E-state index in [0.29, 0.717) is 12.1 Å². The average molecular weight is 325 g/mol. The fraction of sp³-hybridized carbons (Fsp3) is 0.524. The highest BCUT2D eigenvalue weighted by molar-refractivity contribution is 5.82. The zero-order valence-corrected chi connectivity index (χ0v) is 14.9. The molecular weight excluding hydrogens is 298 g/mol. The van der Waals surface area contributed by atoms with Gasteiger partial charge in [0.05, 0.1) is 13.4 Å². The molecular formula is C21H27NO2. The third-order valence-electron chi connectivity index (χ3n) is 5.96. The molecule has 3 heterocycles. The highest BCUT2D eigenvalue weighted by Gasteiger charge is 2.38. The quantitative estimate of drug-likeness (QED) is 0.748. The summed E-state index contributed by atoms with van der Waals surface area (Å²) < 4.78 is 11.1. The van der Waals surface area contributed by atoms with Crippen LogP contribution in [0.15, 0.2) is 41.0 Å². The van der Waals surface area contributed by atoms with Crippen molar-refractivity contribution in [2.45, 2.75) is 45.2 Å². The molecule has 4 atom stereocenters. The number of rotatable bonds is 5. The van der Waals surface area contributed by atoms with Gasteiger partial charge in [-0.15, -0.1) is 0 Å². The first-order valence-corrected chi connectivity index (χ1v) is 9.17. The van der Waals surface area contributed by atoms with Gasteiger partial charge in [-0.3, -0.25) is 4.90 Å². The van der Waals surface area contributed by atoms with Gasteiger partial charge in [-0.1, -0.05) is 25.5 Å². The highest BCUT2D eigenvalue weighted by Crippen LogP contribution is 2.38. The molecule has 0 N–H and O–H groups in total. The van der Waals surface area contributed by atoms with Crippen LogP contribution < -0.4 is 4.74 Å². The Morgan fingerprint density at radius 3 is 2.96 bits per heavy atom. The van der Waals surface area contributed by atoms with Crippen molar-refractivity contribution in [1.29, 1.82) is 0 Å². The topological polar surface area (TPSA) is 25.6 Å². The predicted octanol–water partition coefficient (Wildman–Crippen LogP) is 4.66. The van der Waals surface area contributed by atoms with Crippen LogP contribution in [0.4, 0.5) is 0 Å². The standard InChI is InChI=1S/C21H27NO2/c1-4-16-10-15-5-7-20(16)22(12-15)14(2)9-17-13-24-21-8-6-18(23-3)11-19(17)21/h5-8,11,13-16,20H,4,9-10,12H2,1-3H3. The molecule has 128 valence electrons. The molecule has 0 saturated carbocycles. The molecule has 5 rings (SSSR count). The van der Waals surface area contributed by atoms with Crippen LogP contribution in [0, 0.1) is 11.8 Å². The van der Waals surface area contributed by atoms with Crippen molar-refractivity contribution in [3.05, 3.63) is 42.2 Å². The lowest BCUT2D eigenvalue weighted by Crippen LogP contribution is -2.54. The van der Waals surface area contributed by atoms with Crippen LogP contribution in [0.5, 0.6) is 5.75 Å². The Kier molecular flexibility index (Phi) is 4.13. The number of furan rings is 1. The van der Waals surface area contributed by atoms with E-state index in [1.165, 1.54) is 30.3 Å². The summed E-state index contributed by atoms with van der Waals surface area (Å²) in [6, 6.07) is 7.18. The van der Waals surface area contributed by atoms with Gasteiger partial charge in [-0.25, -0.2) is 0 Å². The molecule has 3 heteroatoms. The van der Waals surface area contributed by atoms with E-state index in [1.54, 1.807) is 7.11 Å². The minimum Gasteiger partial charge on any atom is -0.497 e. The lowest BCUT2D eigenvalue weighted by molar-refractivity contribution is 0.0490. The summed E-state index contributed by atoms with van der Waals surface area (Å²) in [4.78, 5) is 2.71. The number of fused-ring (bicyclic) bond motifs is 3. The van der Waals surface area contributed by atoms with Crippen LogP contribution >= 0.6 is 0 Å². The Morgan fingerprint density at radius 1 is 1.33 bits per heavy atom. The summed E-state index contributed by atoms with van der Waals surface area (Å²) >= 11 is 0. The van der Waals surface area contributed by atoms with E-state index in [1.807, 2.05) is 18.4 Å². The van der Waals surface area contributed by atoms with E-state index < -0.39 is 0 Å². The van der Waals surface area contributed by atoms with Crippen LogP contribution in [-0.4, -0.2) is 30.6 Å². The molecule has 3 nitrogen and oxygen atoms in total. The maximum absolute atomic E-state index is 5.75. The van der Waals surface area contributed by atoms with Crippen LogP contribution in [0.3, 0.4) is 0 Å². The molecule has 24 heavy (non-hydrogen) atoms. The second-order valence-corrected chi connectivity index (χ2v) is 7.41. The fourth-order valence-corrected chi connectivity index (χ4v) is 4.61. The number of nitrogens with zero attached hydrogens (tertiary/aromatic N) is 1. The second-order valence-electron chi connectivity index (χ2n) is 7.41. The van der Waals surface area contributed by atoms with Crippen molar-refractivity contribution >= 4 is 11.0 Å². The van der Waals surface area contributed by atoms with Gasteiger partial charge in [0.2, 0.25) is 0 Å². The van der Waals surface area contributed by atoms with E-state index in [4.69, 9.17) is 9.15 Å². The summed E-state index contributed by atoms with van der Waals surface area (Å²) in [5, 5.41) is 1.19. The number of piperidine rings is 1. The molecule has 2 aliphatic heterocycles. The first kappa shape index (κ1) is 15.8. The monoisotopic (exact) mass is 325 g/mol. The molecule has 1 aromatic heterocycles. The SMILES string of the molecule is CCC1CC2C=CC1N(C(C)Cc1coc3ccc(OC)cc13)C2. The lowest BCUT2D eigenvalue weighted by atomic mass is 9.75.